The minimum absolute atomic E-state index is 0.158. The number of allylic oxidation sites excluding steroid dienone is 4. The van der Waals surface area contributed by atoms with Gasteiger partial charge in [-0.3, -0.25) is 4.79 Å². The molecular weight excluding hydrogens is 643 g/mol. The topological polar surface area (TPSA) is 89.8 Å². The average Bonchev–Trinajstić information content (AvgIpc) is 3.15. The molecule has 0 aliphatic carbocycles. The van der Waals surface area contributed by atoms with Gasteiger partial charge in [-0.25, -0.2) is 0 Å². The van der Waals surface area contributed by atoms with E-state index in [1.165, 1.54) is 173 Å². The van der Waals surface area contributed by atoms with Crippen LogP contribution in [0.3, 0.4) is 0 Å². The largest absolute Gasteiger partial charge is 0.394 e. The lowest BCUT2D eigenvalue weighted by atomic mass is 10.0. The molecule has 0 saturated carbocycles. The van der Waals surface area contributed by atoms with Crippen molar-refractivity contribution in [1.29, 1.82) is 0 Å². The highest BCUT2D eigenvalue weighted by atomic mass is 16.3. The Morgan fingerprint density at radius 1 is 0.500 bits per heavy atom. The first-order valence-corrected chi connectivity index (χ1v) is 23.1. The number of carbonyl (C=O) groups is 1. The Morgan fingerprint density at radius 3 is 1.21 bits per heavy atom. The fourth-order valence-electron chi connectivity index (χ4n) is 7.31. The molecule has 5 heteroatoms. The molecule has 0 aliphatic rings. The van der Waals surface area contributed by atoms with Crippen molar-refractivity contribution < 1.29 is 20.1 Å². The van der Waals surface area contributed by atoms with Crippen LogP contribution in [0.2, 0.25) is 0 Å². The molecule has 0 aromatic carbocycles. The van der Waals surface area contributed by atoms with E-state index in [0.29, 0.717) is 12.8 Å². The Labute approximate surface area is 324 Å². The van der Waals surface area contributed by atoms with Crippen molar-refractivity contribution in [2.75, 3.05) is 6.61 Å². The quantitative estimate of drug-likeness (QED) is 0.0371. The second-order valence-corrected chi connectivity index (χ2v) is 16.0. The lowest BCUT2D eigenvalue weighted by molar-refractivity contribution is -0.124. The number of aliphatic hydroxyl groups is 3. The van der Waals surface area contributed by atoms with Gasteiger partial charge in [-0.2, -0.15) is 0 Å². The molecule has 0 spiro atoms. The summed E-state index contributed by atoms with van der Waals surface area (Å²) in [6.07, 6.45) is 52.1. The van der Waals surface area contributed by atoms with E-state index in [-0.39, 0.29) is 12.5 Å². The normalized spacial score (nSPS) is 13.7. The maximum Gasteiger partial charge on any atom is 0.220 e. The van der Waals surface area contributed by atoms with Crippen molar-refractivity contribution in [3.05, 3.63) is 24.3 Å². The van der Waals surface area contributed by atoms with Gasteiger partial charge in [0.15, 0.2) is 0 Å². The van der Waals surface area contributed by atoms with Gasteiger partial charge < -0.3 is 20.6 Å². The molecule has 308 valence electrons. The van der Waals surface area contributed by atoms with E-state index < -0.39 is 18.2 Å². The summed E-state index contributed by atoms with van der Waals surface area (Å²) in [4.78, 5) is 12.4. The van der Waals surface area contributed by atoms with Crippen molar-refractivity contribution in [2.24, 2.45) is 0 Å². The smallest absolute Gasteiger partial charge is 0.220 e. The second kappa shape index (κ2) is 42.6. The van der Waals surface area contributed by atoms with Gasteiger partial charge in [0, 0.05) is 6.42 Å². The molecule has 0 fully saturated rings. The van der Waals surface area contributed by atoms with Gasteiger partial charge in [0.1, 0.15) is 6.10 Å². The first-order chi connectivity index (χ1) is 25.6. The molecule has 3 unspecified atom stereocenters. The maximum atomic E-state index is 12.4. The van der Waals surface area contributed by atoms with Crippen molar-refractivity contribution in [3.63, 3.8) is 0 Å². The summed E-state index contributed by atoms with van der Waals surface area (Å²) in [5.74, 6) is -0.158. The van der Waals surface area contributed by atoms with Crippen LogP contribution in [0.1, 0.15) is 245 Å². The summed E-state index contributed by atoms with van der Waals surface area (Å²) < 4.78 is 0. The van der Waals surface area contributed by atoms with Crippen molar-refractivity contribution in [1.82, 2.24) is 5.32 Å². The van der Waals surface area contributed by atoms with Crippen LogP contribution in [0.5, 0.6) is 0 Å². The standard InChI is InChI=1S/C47H91NO4/c1-3-5-7-9-11-13-14-15-16-17-18-19-20-21-22-23-24-25-26-27-28-29-30-31-32-33-34-36-38-40-42-46(51)48-44(43-49)47(52)45(50)41-39-37-35-12-10-8-6-4-2/h4,6,12,35,44-45,47,49-50,52H,3,5,7-11,13-34,36-43H2,1-2H3,(H,48,51)/b6-4+,35-12+. The molecule has 0 bridgehead atoms. The summed E-state index contributed by atoms with van der Waals surface area (Å²) in [6.45, 7) is 3.94. The monoisotopic (exact) mass is 734 g/mol. The minimum atomic E-state index is -1.16. The number of nitrogens with one attached hydrogen (secondary N) is 1. The van der Waals surface area contributed by atoms with Crippen LogP contribution in [0.15, 0.2) is 24.3 Å². The van der Waals surface area contributed by atoms with Crippen LogP contribution in [0, 0.1) is 0 Å². The summed E-state index contributed by atoms with van der Waals surface area (Å²) >= 11 is 0. The van der Waals surface area contributed by atoms with Crippen molar-refractivity contribution >= 4 is 5.91 Å². The Balaban J connectivity index is 3.43. The zero-order valence-electron chi connectivity index (χ0n) is 35.0. The molecule has 0 aromatic rings. The molecule has 1 amide bonds. The zero-order valence-corrected chi connectivity index (χ0v) is 35.0. The predicted molar refractivity (Wildman–Crippen MR) is 227 cm³/mol. The van der Waals surface area contributed by atoms with Crippen LogP contribution < -0.4 is 5.32 Å². The summed E-state index contributed by atoms with van der Waals surface area (Å²) in [7, 11) is 0. The maximum absolute atomic E-state index is 12.4. The highest BCUT2D eigenvalue weighted by Crippen LogP contribution is 2.17. The van der Waals surface area contributed by atoms with E-state index in [2.05, 4.69) is 30.5 Å². The number of carbonyl (C=O) groups excluding carboxylic acids is 1. The highest BCUT2D eigenvalue weighted by Gasteiger charge is 2.26. The van der Waals surface area contributed by atoms with E-state index in [9.17, 15) is 20.1 Å². The summed E-state index contributed by atoms with van der Waals surface area (Å²) in [5, 5.41) is 33.2. The minimum Gasteiger partial charge on any atom is -0.394 e. The summed E-state index contributed by atoms with van der Waals surface area (Å²) in [5.41, 5.74) is 0. The van der Waals surface area contributed by atoms with Gasteiger partial charge in [-0.1, -0.05) is 217 Å². The third-order valence-electron chi connectivity index (χ3n) is 10.9. The van der Waals surface area contributed by atoms with Gasteiger partial charge in [0.05, 0.1) is 18.8 Å². The Hall–Kier alpha value is -1.17. The van der Waals surface area contributed by atoms with E-state index in [0.717, 1.165) is 44.9 Å². The van der Waals surface area contributed by atoms with E-state index in [1.54, 1.807) is 0 Å². The summed E-state index contributed by atoms with van der Waals surface area (Å²) in [6, 6.07) is -0.826. The molecule has 52 heavy (non-hydrogen) atoms. The predicted octanol–water partition coefficient (Wildman–Crippen LogP) is 13.4. The Bertz CT molecular complexity index is 768. The first-order valence-electron chi connectivity index (χ1n) is 23.1. The SMILES string of the molecule is C/C=C/CC/C=C/CCCC(O)C(O)C(CO)NC(=O)CCCCCCCCCCCCCCCCCCCCCCCCCCCCCCCC. The van der Waals surface area contributed by atoms with E-state index in [1.807, 2.05) is 13.0 Å². The molecule has 0 heterocycles. The Morgan fingerprint density at radius 2 is 0.846 bits per heavy atom. The third kappa shape index (κ3) is 37.2. The number of unbranched alkanes of at least 4 members (excludes halogenated alkanes) is 31. The molecule has 0 radical (unpaired) electrons. The molecule has 0 aromatic heterocycles. The number of hydrogen-bond donors (Lipinski definition) is 4. The van der Waals surface area contributed by atoms with Crippen LogP contribution in [0.25, 0.3) is 0 Å². The van der Waals surface area contributed by atoms with E-state index >= 15 is 0 Å². The molecule has 0 saturated heterocycles. The van der Waals surface area contributed by atoms with Crippen LogP contribution in [-0.2, 0) is 4.79 Å². The fourth-order valence-corrected chi connectivity index (χ4v) is 7.31. The van der Waals surface area contributed by atoms with Crippen molar-refractivity contribution in [2.45, 2.75) is 263 Å². The molecule has 5 nitrogen and oxygen atoms in total. The highest BCUT2D eigenvalue weighted by molar-refractivity contribution is 5.76. The lowest BCUT2D eigenvalue weighted by Gasteiger charge is -2.26. The number of rotatable bonds is 42. The Kier molecular flexibility index (Phi) is 41.6. The van der Waals surface area contributed by atoms with Gasteiger partial charge in [0.2, 0.25) is 5.91 Å². The number of amides is 1. The van der Waals surface area contributed by atoms with Gasteiger partial charge >= 0.3 is 0 Å². The third-order valence-corrected chi connectivity index (χ3v) is 10.9. The molecule has 3 atom stereocenters. The van der Waals surface area contributed by atoms with Crippen molar-refractivity contribution in [3.8, 4) is 0 Å². The number of aliphatic hydroxyl groups excluding tert-OH is 3. The average molecular weight is 734 g/mol. The zero-order chi connectivity index (χ0) is 38.0. The number of hydrogen-bond acceptors (Lipinski definition) is 4. The molecule has 0 aliphatic heterocycles. The van der Waals surface area contributed by atoms with Crippen LogP contribution in [-0.4, -0.2) is 46.1 Å². The lowest BCUT2D eigenvalue weighted by Crippen LogP contribution is -2.50. The van der Waals surface area contributed by atoms with Gasteiger partial charge in [0.25, 0.3) is 0 Å². The van der Waals surface area contributed by atoms with Crippen LogP contribution >= 0.6 is 0 Å². The fraction of sp³-hybridized carbons (Fsp3) is 0.894. The molecule has 0 rings (SSSR count). The first kappa shape index (κ1) is 50.8. The molecular formula is C47H91NO4. The van der Waals surface area contributed by atoms with Crippen LogP contribution in [0.4, 0.5) is 0 Å². The van der Waals surface area contributed by atoms with E-state index in [4.69, 9.17) is 0 Å². The molecule has 4 N–H and O–H groups in total. The second-order valence-electron chi connectivity index (χ2n) is 16.0. The van der Waals surface area contributed by atoms with Gasteiger partial charge in [-0.15, -0.1) is 0 Å². The van der Waals surface area contributed by atoms with Gasteiger partial charge in [-0.05, 0) is 45.4 Å².